The molecule has 6 heteroatoms. The fraction of sp³-hybridized carbons (Fsp3) is 0.450. The van der Waals surface area contributed by atoms with Crippen LogP contribution >= 0.6 is 0 Å². The maximum atomic E-state index is 12.7. The van der Waals surface area contributed by atoms with E-state index in [1.165, 1.54) is 11.1 Å². The van der Waals surface area contributed by atoms with E-state index in [9.17, 15) is 4.79 Å². The van der Waals surface area contributed by atoms with Gasteiger partial charge < -0.3 is 4.90 Å². The Morgan fingerprint density at radius 3 is 2.85 bits per heavy atom. The number of hydrogen-bond donors (Lipinski definition) is 2. The predicted octanol–water partition coefficient (Wildman–Crippen LogP) is 1.90. The Labute approximate surface area is 154 Å². The van der Waals surface area contributed by atoms with E-state index in [0.29, 0.717) is 23.6 Å². The van der Waals surface area contributed by atoms with E-state index in [0.717, 1.165) is 32.5 Å². The van der Waals surface area contributed by atoms with Crippen LogP contribution in [0.5, 0.6) is 0 Å². The first-order chi connectivity index (χ1) is 12.7. The van der Waals surface area contributed by atoms with Gasteiger partial charge in [0.2, 0.25) is 0 Å². The number of carbonyl (C=O) groups is 1. The van der Waals surface area contributed by atoms with Gasteiger partial charge in [-0.2, -0.15) is 5.10 Å². The molecule has 1 aromatic carbocycles. The molecule has 3 unspecified atom stereocenters. The highest BCUT2D eigenvalue weighted by Crippen LogP contribution is 2.32. The molecular weight excluding hydrogens is 326 g/mol. The zero-order valence-electron chi connectivity index (χ0n) is 15.1. The number of hydrogen-bond acceptors (Lipinski definition) is 5. The van der Waals surface area contributed by atoms with E-state index in [1.54, 1.807) is 18.3 Å². The molecule has 4 rings (SSSR count). The molecule has 2 aliphatic heterocycles. The summed E-state index contributed by atoms with van der Waals surface area (Å²) in [7, 11) is 0. The number of likely N-dealkylation sites (tertiary alicyclic amines) is 1. The third-order valence-electron chi connectivity index (χ3n) is 5.57. The van der Waals surface area contributed by atoms with Crippen molar-refractivity contribution in [3.05, 3.63) is 59.4 Å². The number of aryl methyl sites for hydroxylation is 1. The molecule has 3 atom stereocenters. The lowest BCUT2D eigenvalue weighted by Gasteiger charge is -2.37. The van der Waals surface area contributed by atoms with Gasteiger partial charge in [0.05, 0.1) is 0 Å². The summed E-state index contributed by atoms with van der Waals surface area (Å²) < 4.78 is 0. The lowest BCUT2D eigenvalue weighted by molar-refractivity contribution is 0.0637. The molecule has 3 heterocycles. The molecule has 2 aliphatic rings. The molecule has 2 N–H and O–H groups in total. The van der Waals surface area contributed by atoms with Crippen LogP contribution in [0, 0.1) is 12.8 Å². The first-order valence-electron chi connectivity index (χ1n) is 9.34. The van der Waals surface area contributed by atoms with Crippen molar-refractivity contribution in [2.75, 3.05) is 19.6 Å². The Hall–Kier alpha value is -2.31. The van der Waals surface area contributed by atoms with Crippen LogP contribution in [0.15, 0.2) is 42.6 Å². The van der Waals surface area contributed by atoms with Gasteiger partial charge in [-0.3, -0.25) is 15.6 Å². The topological polar surface area (TPSA) is 70.2 Å². The van der Waals surface area contributed by atoms with Crippen molar-refractivity contribution < 1.29 is 4.79 Å². The molecular formula is C20H25N5O. The SMILES string of the molecule is Cc1ccc(C2CNNC2C2CCCN(C(=O)c3cccnn3)C2)cc1. The van der Waals surface area contributed by atoms with Gasteiger partial charge in [-0.25, -0.2) is 0 Å². The summed E-state index contributed by atoms with van der Waals surface area (Å²) in [5.41, 5.74) is 9.87. The van der Waals surface area contributed by atoms with Gasteiger partial charge in [0.1, 0.15) is 0 Å². The van der Waals surface area contributed by atoms with Crippen molar-refractivity contribution in [3.8, 4) is 0 Å². The first-order valence-corrected chi connectivity index (χ1v) is 9.34. The summed E-state index contributed by atoms with van der Waals surface area (Å²) in [6.45, 7) is 4.59. The number of nitrogens with zero attached hydrogens (tertiary/aromatic N) is 3. The van der Waals surface area contributed by atoms with E-state index in [2.05, 4.69) is 52.2 Å². The fourth-order valence-corrected chi connectivity index (χ4v) is 4.16. The van der Waals surface area contributed by atoms with Crippen molar-refractivity contribution in [3.63, 3.8) is 0 Å². The summed E-state index contributed by atoms with van der Waals surface area (Å²) >= 11 is 0. The highest BCUT2D eigenvalue weighted by molar-refractivity contribution is 5.92. The summed E-state index contributed by atoms with van der Waals surface area (Å²) in [5.74, 6) is 0.832. The van der Waals surface area contributed by atoms with E-state index in [1.807, 2.05) is 4.90 Å². The second-order valence-corrected chi connectivity index (χ2v) is 7.33. The van der Waals surface area contributed by atoms with Crippen molar-refractivity contribution in [1.29, 1.82) is 0 Å². The zero-order chi connectivity index (χ0) is 17.9. The number of amides is 1. The highest BCUT2D eigenvalue weighted by atomic mass is 16.2. The normalized spacial score (nSPS) is 26.0. The molecule has 1 aromatic heterocycles. The lowest BCUT2D eigenvalue weighted by atomic mass is 9.81. The van der Waals surface area contributed by atoms with Crippen LogP contribution in [0.4, 0.5) is 0 Å². The minimum Gasteiger partial charge on any atom is -0.337 e. The highest BCUT2D eigenvalue weighted by Gasteiger charge is 2.37. The predicted molar refractivity (Wildman–Crippen MR) is 99.5 cm³/mol. The van der Waals surface area contributed by atoms with E-state index in [-0.39, 0.29) is 5.91 Å². The maximum Gasteiger partial charge on any atom is 0.274 e. The Balaban J connectivity index is 1.48. The number of hydrazine groups is 1. The summed E-state index contributed by atoms with van der Waals surface area (Å²) in [6.07, 6.45) is 3.75. The van der Waals surface area contributed by atoms with Crippen LogP contribution in [-0.4, -0.2) is 46.7 Å². The maximum absolute atomic E-state index is 12.7. The molecule has 136 valence electrons. The van der Waals surface area contributed by atoms with Crippen LogP contribution in [0.1, 0.15) is 40.4 Å². The molecule has 2 saturated heterocycles. The summed E-state index contributed by atoms with van der Waals surface area (Å²) in [4.78, 5) is 14.7. The molecule has 1 amide bonds. The van der Waals surface area contributed by atoms with Gasteiger partial charge in [-0.05, 0) is 43.4 Å². The average Bonchev–Trinajstić information content (AvgIpc) is 3.19. The first kappa shape index (κ1) is 17.1. The molecule has 2 fully saturated rings. The lowest BCUT2D eigenvalue weighted by Crippen LogP contribution is -2.48. The molecule has 6 nitrogen and oxygen atoms in total. The van der Waals surface area contributed by atoms with Crippen LogP contribution < -0.4 is 10.9 Å². The van der Waals surface area contributed by atoms with Crippen molar-refractivity contribution in [2.45, 2.75) is 31.7 Å². The minimum atomic E-state index is -0.0133. The zero-order valence-corrected chi connectivity index (χ0v) is 15.1. The Bertz CT molecular complexity index is 749. The minimum absolute atomic E-state index is 0.0133. The van der Waals surface area contributed by atoms with Crippen LogP contribution in [0.25, 0.3) is 0 Å². The van der Waals surface area contributed by atoms with Gasteiger partial charge in [0, 0.05) is 37.8 Å². The standard InChI is InChI=1S/C20H25N5O/c1-14-6-8-15(9-7-14)17-12-22-24-19(17)16-4-3-11-25(13-16)20(26)18-5-2-10-21-23-18/h2,5-10,16-17,19,22,24H,3-4,11-13H2,1H3. The van der Waals surface area contributed by atoms with Gasteiger partial charge in [-0.1, -0.05) is 29.8 Å². The molecule has 0 bridgehead atoms. The van der Waals surface area contributed by atoms with Crippen LogP contribution in [-0.2, 0) is 0 Å². The fourth-order valence-electron chi connectivity index (χ4n) is 4.16. The second kappa shape index (κ2) is 7.51. The number of rotatable bonds is 3. The summed E-state index contributed by atoms with van der Waals surface area (Å²) in [6, 6.07) is 12.6. The molecule has 26 heavy (non-hydrogen) atoms. The van der Waals surface area contributed by atoms with Crippen LogP contribution in [0.2, 0.25) is 0 Å². The number of carbonyl (C=O) groups excluding carboxylic acids is 1. The van der Waals surface area contributed by atoms with E-state index >= 15 is 0 Å². The van der Waals surface area contributed by atoms with Crippen molar-refractivity contribution in [2.24, 2.45) is 5.92 Å². The van der Waals surface area contributed by atoms with Crippen LogP contribution in [0.3, 0.4) is 0 Å². The Morgan fingerprint density at radius 1 is 1.23 bits per heavy atom. The van der Waals surface area contributed by atoms with E-state index < -0.39 is 0 Å². The smallest absolute Gasteiger partial charge is 0.274 e. The third-order valence-corrected chi connectivity index (χ3v) is 5.57. The Morgan fingerprint density at radius 2 is 2.08 bits per heavy atom. The van der Waals surface area contributed by atoms with Crippen molar-refractivity contribution in [1.82, 2.24) is 25.9 Å². The largest absolute Gasteiger partial charge is 0.337 e. The molecule has 0 radical (unpaired) electrons. The summed E-state index contributed by atoms with van der Waals surface area (Å²) in [5, 5.41) is 7.81. The van der Waals surface area contributed by atoms with Gasteiger partial charge in [0.15, 0.2) is 5.69 Å². The van der Waals surface area contributed by atoms with Gasteiger partial charge >= 0.3 is 0 Å². The number of aromatic nitrogens is 2. The number of nitrogens with one attached hydrogen (secondary N) is 2. The molecule has 0 spiro atoms. The second-order valence-electron chi connectivity index (χ2n) is 7.33. The van der Waals surface area contributed by atoms with Gasteiger partial charge in [0.25, 0.3) is 5.91 Å². The molecule has 2 aromatic rings. The van der Waals surface area contributed by atoms with E-state index in [4.69, 9.17) is 0 Å². The monoisotopic (exact) mass is 351 g/mol. The number of piperidine rings is 1. The molecule has 0 aliphatic carbocycles. The van der Waals surface area contributed by atoms with Crippen molar-refractivity contribution >= 4 is 5.91 Å². The average molecular weight is 351 g/mol. The quantitative estimate of drug-likeness (QED) is 0.884. The molecule has 0 saturated carbocycles. The third kappa shape index (κ3) is 3.48. The number of benzene rings is 1. The Kier molecular flexibility index (Phi) is 4.95. The van der Waals surface area contributed by atoms with Gasteiger partial charge in [-0.15, -0.1) is 5.10 Å².